The van der Waals surface area contributed by atoms with E-state index in [4.69, 9.17) is 4.74 Å². The van der Waals surface area contributed by atoms with Crippen LogP contribution in [0.5, 0.6) is 5.75 Å². The lowest BCUT2D eigenvalue weighted by atomic mass is 10.1. The van der Waals surface area contributed by atoms with Gasteiger partial charge >= 0.3 is 0 Å². The van der Waals surface area contributed by atoms with Crippen molar-refractivity contribution >= 4 is 22.2 Å². The second-order valence-corrected chi connectivity index (χ2v) is 5.05. The Morgan fingerprint density at radius 3 is 2.56 bits per heavy atom. The van der Waals surface area contributed by atoms with Crippen LogP contribution >= 0.6 is 15.9 Å². The van der Waals surface area contributed by atoms with Crippen molar-refractivity contribution in [3.05, 3.63) is 27.7 Å². The van der Waals surface area contributed by atoms with Gasteiger partial charge in [-0.05, 0) is 37.7 Å². The van der Waals surface area contributed by atoms with Crippen LogP contribution in [0.1, 0.15) is 29.8 Å². The summed E-state index contributed by atoms with van der Waals surface area (Å²) in [6.45, 7) is 9.71. The highest BCUT2D eigenvalue weighted by Crippen LogP contribution is 2.26. The van der Waals surface area contributed by atoms with E-state index in [0.29, 0.717) is 17.9 Å². The molecule has 100 valence electrons. The monoisotopic (exact) mass is 313 g/mol. The maximum atomic E-state index is 11.0. The number of hydrogen-bond donors (Lipinski definition) is 0. The van der Waals surface area contributed by atoms with Crippen LogP contribution in [0.2, 0.25) is 0 Å². The van der Waals surface area contributed by atoms with Crippen molar-refractivity contribution < 1.29 is 9.53 Å². The van der Waals surface area contributed by atoms with Crippen LogP contribution in [0.15, 0.2) is 16.6 Å². The fourth-order valence-electron chi connectivity index (χ4n) is 1.86. The van der Waals surface area contributed by atoms with Crippen molar-refractivity contribution in [1.82, 2.24) is 4.90 Å². The molecule has 0 atom stereocenters. The molecule has 0 aliphatic heterocycles. The molecule has 0 aliphatic rings. The summed E-state index contributed by atoms with van der Waals surface area (Å²) in [5.41, 5.74) is 1.58. The number of carbonyl (C=O) groups excluding carboxylic acids is 1. The minimum Gasteiger partial charge on any atom is -0.491 e. The topological polar surface area (TPSA) is 29.5 Å². The van der Waals surface area contributed by atoms with Gasteiger partial charge in [0.25, 0.3) is 0 Å². The summed E-state index contributed by atoms with van der Waals surface area (Å²) in [5.74, 6) is 0.695. The van der Waals surface area contributed by atoms with E-state index in [2.05, 4.69) is 34.7 Å². The Kier molecular flexibility index (Phi) is 6.36. The Morgan fingerprint density at radius 2 is 2.00 bits per heavy atom. The first kappa shape index (κ1) is 15.2. The second-order valence-electron chi connectivity index (χ2n) is 4.13. The average Bonchev–Trinajstić information content (AvgIpc) is 2.36. The third-order valence-corrected chi connectivity index (χ3v) is 3.40. The number of aryl methyl sites for hydroxylation is 1. The van der Waals surface area contributed by atoms with Crippen molar-refractivity contribution in [3.8, 4) is 5.75 Å². The van der Waals surface area contributed by atoms with Gasteiger partial charge in [-0.25, -0.2) is 0 Å². The Bertz CT molecular complexity index is 403. The zero-order chi connectivity index (χ0) is 13.5. The molecule has 18 heavy (non-hydrogen) atoms. The van der Waals surface area contributed by atoms with Gasteiger partial charge in [0.15, 0.2) is 6.29 Å². The molecular weight excluding hydrogens is 294 g/mol. The van der Waals surface area contributed by atoms with Gasteiger partial charge in [0.2, 0.25) is 0 Å². The Balaban J connectivity index is 2.69. The summed E-state index contributed by atoms with van der Waals surface area (Å²) >= 11 is 3.38. The Hall–Kier alpha value is -0.870. The van der Waals surface area contributed by atoms with Gasteiger partial charge in [-0.1, -0.05) is 29.8 Å². The molecule has 0 radical (unpaired) electrons. The summed E-state index contributed by atoms with van der Waals surface area (Å²) < 4.78 is 6.66. The highest BCUT2D eigenvalue weighted by Gasteiger charge is 2.09. The number of aldehydes is 1. The first-order valence-corrected chi connectivity index (χ1v) is 7.02. The van der Waals surface area contributed by atoms with Crippen LogP contribution in [-0.4, -0.2) is 37.4 Å². The lowest BCUT2D eigenvalue weighted by Gasteiger charge is -2.19. The summed E-state index contributed by atoms with van der Waals surface area (Å²) in [6.07, 6.45) is 0.838. The Labute approximate surface area is 117 Å². The minimum atomic E-state index is 0.599. The predicted molar refractivity (Wildman–Crippen MR) is 77.5 cm³/mol. The average molecular weight is 314 g/mol. The molecule has 0 aliphatic carbocycles. The molecule has 0 heterocycles. The summed E-state index contributed by atoms with van der Waals surface area (Å²) in [4.78, 5) is 13.3. The molecule has 4 heteroatoms. The number of halogens is 1. The zero-order valence-corrected chi connectivity index (χ0v) is 12.8. The molecule has 0 N–H and O–H groups in total. The van der Waals surface area contributed by atoms with Crippen LogP contribution in [0.3, 0.4) is 0 Å². The fraction of sp³-hybridized carbons (Fsp3) is 0.500. The highest BCUT2D eigenvalue weighted by atomic mass is 79.9. The van der Waals surface area contributed by atoms with E-state index >= 15 is 0 Å². The lowest BCUT2D eigenvalue weighted by molar-refractivity contribution is 0.111. The van der Waals surface area contributed by atoms with Gasteiger partial charge in [0, 0.05) is 11.0 Å². The third kappa shape index (κ3) is 4.10. The SMILES string of the molecule is CCN(CC)CCOc1c(C)cc(Br)cc1C=O. The van der Waals surface area contributed by atoms with E-state index in [1.165, 1.54) is 0 Å². The molecule has 0 saturated carbocycles. The molecule has 0 spiro atoms. The van der Waals surface area contributed by atoms with Crippen molar-refractivity contribution in [3.63, 3.8) is 0 Å². The van der Waals surface area contributed by atoms with Crippen molar-refractivity contribution in [2.75, 3.05) is 26.2 Å². The molecule has 1 aromatic rings. The lowest BCUT2D eigenvalue weighted by Crippen LogP contribution is -2.28. The molecule has 0 unspecified atom stereocenters. The third-order valence-electron chi connectivity index (χ3n) is 2.94. The number of carbonyl (C=O) groups is 1. The number of benzene rings is 1. The van der Waals surface area contributed by atoms with Gasteiger partial charge in [-0.3, -0.25) is 4.79 Å². The molecule has 1 aromatic carbocycles. The van der Waals surface area contributed by atoms with Gasteiger partial charge in [-0.2, -0.15) is 0 Å². The van der Waals surface area contributed by atoms with E-state index < -0.39 is 0 Å². The largest absolute Gasteiger partial charge is 0.491 e. The van der Waals surface area contributed by atoms with Crippen molar-refractivity contribution in [1.29, 1.82) is 0 Å². The van der Waals surface area contributed by atoms with E-state index in [9.17, 15) is 4.79 Å². The first-order chi connectivity index (χ1) is 8.62. The minimum absolute atomic E-state index is 0.599. The van der Waals surface area contributed by atoms with Crippen LogP contribution in [0.4, 0.5) is 0 Å². The van der Waals surface area contributed by atoms with Gasteiger partial charge < -0.3 is 9.64 Å². The molecule has 0 amide bonds. The van der Waals surface area contributed by atoms with Crippen LogP contribution in [-0.2, 0) is 0 Å². The molecule has 0 saturated heterocycles. The summed E-state index contributed by atoms with van der Waals surface area (Å²) in [7, 11) is 0. The Morgan fingerprint density at radius 1 is 1.33 bits per heavy atom. The zero-order valence-electron chi connectivity index (χ0n) is 11.2. The van der Waals surface area contributed by atoms with Gasteiger partial charge in [0.05, 0.1) is 5.56 Å². The predicted octanol–water partition coefficient (Wildman–Crippen LogP) is 3.29. The fourth-order valence-corrected chi connectivity index (χ4v) is 2.45. The number of nitrogens with zero attached hydrogens (tertiary/aromatic N) is 1. The van der Waals surface area contributed by atoms with Crippen LogP contribution in [0.25, 0.3) is 0 Å². The molecule has 1 rings (SSSR count). The van der Waals surface area contributed by atoms with Crippen LogP contribution in [0, 0.1) is 6.92 Å². The number of hydrogen-bond acceptors (Lipinski definition) is 3. The van der Waals surface area contributed by atoms with Crippen molar-refractivity contribution in [2.24, 2.45) is 0 Å². The molecular formula is C14H20BrNO2. The van der Waals surface area contributed by atoms with E-state index in [-0.39, 0.29) is 0 Å². The van der Waals surface area contributed by atoms with Crippen LogP contribution < -0.4 is 4.74 Å². The quantitative estimate of drug-likeness (QED) is 0.723. The highest BCUT2D eigenvalue weighted by molar-refractivity contribution is 9.10. The number of rotatable bonds is 7. The first-order valence-electron chi connectivity index (χ1n) is 6.22. The van der Waals surface area contributed by atoms with E-state index in [1.54, 1.807) is 6.07 Å². The summed E-state index contributed by atoms with van der Waals surface area (Å²) in [5, 5.41) is 0. The normalized spacial score (nSPS) is 10.7. The standard InChI is InChI=1S/C14H20BrNO2/c1-4-16(5-2)6-7-18-14-11(3)8-13(15)9-12(14)10-17/h8-10H,4-7H2,1-3H3. The van der Waals surface area contributed by atoms with E-state index in [1.807, 2.05) is 13.0 Å². The molecule has 3 nitrogen and oxygen atoms in total. The smallest absolute Gasteiger partial charge is 0.153 e. The molecule has 0 fully saturated rings. The molecule has 0 aromatic heterocycles. The van der Waals surface area contributed by atoms with E-state index in [0.717, 1.165) is 36.0 Å². The number of ether oxygens (including phenoxy) is 1. The van der Waals surface area contributed by atoms with Gasteiger partial charge in [0.1, 0.15) is 12.4 Å². The van der Waals surface area contributed by atoms with Gasteiger partial charge in [-0.15, -0.1) is 0 Å². The molecule has 0 bridgehead atoms. The van der Waals surface area contributed by atoms with Crippen molar-refractivity contribution in [2.45, 2.75) is 20.8 Å². The second kappa shape index (κ2) is 7.54. The maximum absolute atomic E-state index is 11.0. The maximum Gasteiger partial charge on any atom is 0.153 e. The summed E-state index contributed by atoms with van der Waals surface area (Å²) in [6, 6.07) is 3.74. The number of likely N-dealkylation sites (N-methyl/N-ethyl adjacent to an activating group) is 1.